The van der Waals surface area contributed by atoms with Crippen LogP contribution in [0.4, 0.5) is 0 Å². The van der Waals surface area contributed by atoms with E-state index >= 15 is 0 Å². The molecule has 1 aromatic rings. The van der Waals surface area contributed by atoms with E-state index in [1.165, 1.54) is 10.4 Å². The molecular weight excluding hydrogens is 230 g/mol. The summed E-state index contributed by atoms with van der Waals surface area (Å²) in [6.07, 6.45) is 5.02. The fraction of sp³-hybridized carbons (Fsp3) is 0.538. The zero-order valence-electron chi connectivity index (χ0n) is 10.7. The van der Waals surface area contributed by atoms with Gasteiger partial charge in [-0.2, -0.15) is 5.26 Å². The number of hydrogen-bond donors (Lipinski definition) is 1. The molecule has 0 saturated carbocycles. The van der Waals surface area contributed by atoms with Crippen LogP contribution in [0.25, 0.3) is 0 Å². The topological polar surface area (TPSA) is 48.2 Å². The summed E-state index contributed by atoms with van der Waals surface area (Å²) in [6, 6.07) is 2.46. The molecule has 0 bridgehead atoms. The lowest BCUT2D eigenvalue weighted by Gasteiger charge is -2.10. The minimum Gasteiger partial charge on any atom is -0.281 e. The SMILES string of the molecule is CC[C@@H](CCc1sccc1C)N=C(C)NC#N. The van der Waals surface area contributed by atoms with Gasteiger partial charge in [0.15, 0.2) is 6.19 Å². The van der Waals surface area contributed by atoms with Gasteiger partial charge in [0.1, 0.15) is 5.84 Å². The first kappa shape index (κ1) is 13.7. The number of nitrogens with one attached hydrogen (secondary N) is 1. The Morgan fingerprint density at radius 2 is 2.41 bits per heavy atom. The Labute approximate surface area is 107 Å². The summed E-state index contributed by atoms with van der Waals surface area (Å²) >= 11 is 1.81. The zero-order chi connectivity index (χ0) is 12.7. The van der Waals surface area contributed by atoms with Crippen molar-refractivity contribution < 1.29 is 0 Å². The highest BCUT2D eigenvalue weighted by atomic mass is 32.1. The smallest absolute Gasteiger partial charge is 0.182 e. The van der Waals surface area contributed by atoms with Gasteiger partial charge >= 0.3 is 0 Å². The number of nitriles is 1. The molecular formula is C13H19N3S. The second kappa shape index (κ2) is 7.08. The molecule has 1 atom stereocenters. The molecule has 92 valence electrons. The predicted molar refractivity (Wildman–Crippen MR) is 73.3 cm³/mol. The molecule has 0 aliphatic carbocycles. The molecule has 0 spiro atoms. The quantitative estimate of drug-likeness (QED) is 0.377. The van der Waals surface area contributed by atoms with Gasteiger partial charge < -0.3 is 0 Å². The van der Waals surface area contributed by atoms with Crippen molar-refractivity contribution in [2.24, 2.45) is 4.99 Å². The van der Waals surface area contributed by atoms with E-state index in [-0.39, 0.29) is 0 Å². The van der Waals surface area contributed by atoms with Gasteiger partial charge in [0, 0.05) is 4.88 Å². The van der Waals surface area contributed by atoms with Crippen molar-refractivity contribution in [1.29, 1.82) is 5.26 Å². The Morgan fingerprint density at radius 1 is 1.65 bits per heavy atom. The van der Waals surface area contributed by atoms with Crippen LogP contribution in [0.2, 0.25) is 0 Å². The summed E-state index contributed by atoms with van der Waals surface area (Å²) in [4.78, 5) is 5.95. The van der Waals surface area contributed by atoms with Crippen molar-refractivity contribution >= 4 is 17.2 Å². The highest BCUT2D eigenvalue weighted by molar-refractivity contribution is 7.10. The summed E-state index contributed by atoms with van der Waals surface area (Å²) in [5.74, 6) is 0.710. The molecule has 0 saturated heterocycles. The van der Waals surface area contributed by atoms with E-state index in [4.69, 9.17) is 5.26 Å². The van der Waals surface area contributed by atoms with Crippen molar-refractivity contribution in [2.45, 2.75) is 46.1 Å². The minimum atomic E-state index is 0.303. The Balaban J connectivity index is 2.51. The van der Waals surface area contributed by atoms with Crippen molar-refractivity contribution in [3.05, 3.63) is 21.9 Å². The maximum Gasteiger partial charge on any atom is 0.182 e. The molecule has 0 radical (unpaired) electrons. The molecule has 4 heteroatoms. The number of amidine groups is 1. The molecule has 1 heterocycles. The lowest BCUT2D eigenvalue weighted by molar-refractivity contribution is 0.598. The first-order valence-electron chi connectivity index (χ1n) is 5.89. The maximum atomic E-state index is 8.50. The van der Waals surface area contributed by atoms with E-state index in [0.29, 0.717) is 11.9 Å². The minimum absolute atomic E-state index is 0.303. The van der Waals surface area contributed by atoms with Gasteiger partial charge in [-0.05, 0) is 50.1 Å². The summed E-state index contributed by atoms with van der Waals surface area (Å²) < 4.78 is 0. The number of thiophene rings is 1. The fourth-order valence-corrected chi connectivity index (χ4v) is 2.63. The number of hydrogen-bond acceptors (Lipinski definition) is 3. The third-order valence-corrected chi connectivity index (χ3v) is 3.84. The van der Waals surface area contributed by atoms with Crippen LogP contribution in [0.1, 0.15) is 37.1 Å². The van der Waals surface area contributed by atoms with Gasteiger partial charge in [-0.3, -0.25) is 10.3 Å². The van der Waals surface area contributed by atoms with Gasteiger partial charge in [0.05, 0.1) is 6.04 Å². The van der Waals surface area contributed by atoms with Crippen LogP contribution in [0.3, 0.4) is 0 Å². The molecule has 0 aromatic carbocycles. The number of aliphatic imine (C=N–C) groups is 1. The molecule has 0 aliphatic rings. The lowest BCUT2D eigenvalue weighted by Crippen LogP contribution is -2.17. The molecule has 17 heavy (non-hydrogen) atoms. The third kappa shape index (κ3) is 4.58. The molecule has 0 fully saturated rings. The van der Waals surface area contributed by atoms with Gasteiger partial charge in [-0.25, -0.2) is 0 Å². The predicted octanol–water partition coefficient (Wildman–Crippen LogP) is 3.26. The molecule has 1 aromatic heterocycles. The highest BCUT2D eigenvalue weighted by Crippen LogP contribution is 2.19. The van der Waals surface area contributed by atoms with Gasteiger partial charge in [-0.15, -0.1) is 11.3 Å². The van der Waals surface area contributed by atoms with Crippen LogP contribution in [0.5, 0.6) is 0 Å². The van der Waals surface area contributed by atoms with Crippen molar-refractivity contribution in [3.8, 4) is 6.19 Å². The Hall–Kier alpha value is -1.34. The van der Waals surface area contributed by atoms with Crippen LogP contribution in [0, 0.1) is 18.4 Å². The number of rotatable bonds is 5. The Bertz CT molecular complexity index is 415. The maximum absolute atomic E-state index is 8.50. The van der Waals surface area contributed by atoms with E-state index in [2.05, 4.69) is 35.6 Å². The molecule has 0 aliphatic heterocycles. The first-order chi connectivity index (χ1) is 8.17. The van der Waals surface area contributed by atoms with E-state index < -0.39 is 0 Å². The van der Waals surface area contributed by atoms with E-state index in [9.17, 15) is 0 Å². The van der Waals surface area contributed by atoms with Gasteiger partial charge in [0.25, 0.3) is 0 Å². The number of nitrogens with zero attached hydrogens (tertiary/aromatic N) is 2. The second-order valence-corrected chi connectivity index (χ2v) is 5.08. The lowest BCUT2D eigenvalue weighted by atomic mass is 10.1. The molecule has 3 nitrogen and oxygen atoms in total. The highest BCUT2D eigenvalue weighted by Gasteiger charge is 2.07. The average Bonchev–Trinajstić information content (AvgIpc) is 2.70. The summed E-state index contributed by atoms with van der Waals surface area (Å²) in [7, 11) is 0. The van der Waals surface area contributed by atoms with E-state index in [1.807, 2.05) is 24.5 Å². The Kier molecular flexibility index (Phi) is 5.71. The van der Waals surface area contributed by atoms with Crippen molar-refractivity contribution in [3.63, 3.8) is 0 Å². The standard InChI is InChI=1S/C13H19N3S/c1-4-12(16-11(3)15-9-14)5-6-13-10(2)7-8-17-13/h7-8,12H,4-6H2,1-3H3,(H,15,16)/t12-/m0/s1. The summed E-state index contributed by atoms with van der Waals surface area (Å²) in [6.45, 7) is 6.12. The van der Waals surface area contributed by atoms with Crippen LogP contribution in [-0.4, -0.2) is 11.9 Å². The van der Waals surface area contributed by atoms with Crippen molar-refractivity contribution in [2.75, 3.05) is 0 Å². The normalized spacial score (nSPS) is 13.2. The molecule has 0 amide bonds. The van der Waals surface area contributed by atoms with E-state index in [0.717, 1.165) is 19.3 Å². The summed E-state index contributed by atoms with van der Waals surface area (Å²) in [5, 5.41) is 13.2. The summed E-state index contributed by atoms with van der Waals surface area (Å²) in [5.41, 5.74) is 1.38. The average molecular weight is 249 g/mol. The molecule has 1 N–H and O–H groups in total. The molecule has 0 unspecified atom stereocenters. The first-order valence-corrected chi connectivity index (χ1v) is 6.77. The monoisotopic (exact) mass is 249 g/mol. The third-order valence-electron chi connectivity index (χ3n) is 2.76. The van der Waals surface area contributed by atoms with Crippen LogP contribution in [0.15, 0.2) is 16.4 Å². The Morgan fingerprint density at radius 3 is 2.94 bits per heavy atom. The number of aryl methyl sites for hydroxylation is 2. The second-order valence-electron chi connectivity index (χ2n) is 4.08. The van der Waals surface area contributed by atoms with Crippen LogP contribution < -0.4 is 5.32 Å². The van der Waals surface area contributed by atoms with Gasteiger partial charge in [-0.1, -0.05) is 6.92 Å². The zero-order valence-corrected chi connectivity index (χ0v) is 11.5. The van der Waals surface area contributed by atoms with Crippen LogP contribution in [-0.2, 0) is 6.42 Å². The van der Waals surface area contributed by atoms with Gasteiger partial charge in [0.2, 0.25) is 0 Å². The van der Waals surface area contributed by atoms with Crippen LogP contribution >= 0.6 is 11.3 Å². The fourth-order valence-electron chi connectivity index (χ4n) is 1.70. The molecule has 1 rings (SSSR count). The van der Waals surface area contributed by atoms with E-state index in [1.54, 1.807) is 0 Å². The van der Waals surface area contributed by atoms with Crippen molar-refractivity contribution in [1.82, 2.24) is 5.32 Å². The largest absolute Gasteiger partial charge is 0.281 e.